The molecule has 22 heavy (non-hydrogen) atoms. The Hall–Kier alpha value is -1.30. The Morgan fingerprint density at radius 1 is 1.14 bits per heavy atom. The van der Waals surface area contributed by atoms with Gasteiger partial charge >= 0.3 is 12.1 Å². The monoisotopic (exact) mass is 317 g/mol. The van der Waals surface area contributed by atoms with Gasteiger partial charge in [0.25, 0.3) is 0 Å². The van der Waals surface area contributed by atoms with E-state index in [1.165, 1.54) is 12.0 Å². The highest BCUT2D eigenvalue weighted by molar-refractivity contribution is 5.78. The maximum absolute atomic E-state index is 12.5. The highest BCUT2D eigenvalue weighted by Crippen LogP contribution is 2.22. The number of nitrogens with zero attached hydrogens (tertiary/aromatic N) is 1. The topological polar surface area (TPSA) is 65.1 Å². The average molecular weight is 317 g/mol. The predicted octanol–water partition coefficient (Wildman–Crippen LogP) is 2.85. The highest BCUT2D eigenvalue weighted by Gasteiger charge is 2.36. The SMILES string of the molecule is CC[C@H](C)[C@@H]([C@@H](C)OC)N(CC(=O)OC)C(=O)OC(C)(C)C. The predicted molar refractivity (Wildman–Crippen MR) is 84.7 cm³/mol. The van der Waals surface area contributed by atoms with E-state index in [0.29, 0.717) is 0 Å². The summed E-state index contributed by atoms with van der Waals surface area (Å²) in [4.78, 5) is 25.7. The molecule has 0 saturated carbocycles. The van der Waals surface area contributed by atoms with Crippen LogP contribution in [0.4, 0.5) is 4.79 Å². The molecule has 0 radical (unpaired) electrons. The molecule has 0 heterocycles. The van der Waals surface area contributed by atoms with Gasteiger partial charge in [0, 0.05) is 7.11 Å². The number of ether oxygens (including phenoxy) is 3. The standard InChI is InChI=1S/C16H31NO5/c1-9-11(2)14(12(3)20-7)17(10-13(18)21-8)15(19)22-16(4,5)6/h11-12,14H,9-10H2,1-8H3/t11-,12+,14-/m0/s1. The van der Waals surface area contributed by atoms with E-state index in [1.807, 2.05) is 20.8 Å². The second-order valence-electron chi connectivity index (χ2n) is 6.50. The van der Waals surface area contributed by atoms with Crippen LogP contribution in [0.2, 0.25) is 0 Å². The van der Waals surface area contributed by atoms with Crippen LogP contribution >= 0.6 is 0 Å². The molecule has 0 aliphatic carbocycles. The first kappa shape index (κ1) is 20.7. The minimum absolute atomic E-state index is 0.145. The third-order valence-electron chi connectivity index (χ3n) is 3.59. The van der Waals surface area contributed by atoms with Gasteiger partial charge in [-0.15, -0.1) is 0 Å². The van der Waals surface area contributed by atoms with Crippen molar-refractivity contribution in [2.24, 2.45) is 5.92 Å². The van der Waals surface area contributed by atoms with Gasteiger partial charge in [-0.05, 0) is 33.6 Å². The number of carbonyl (C=O) groups excluding carboxylic acids is 2. The van der Waals surface area contributed by atoms with Crippen LogP contribution in [0.25, 0.3) is 0 Å². The van der Waals surface area contributed by atoms with E-state index >= 15 is 0 Å². The van der Waals surface area contributed by atoms with Crippen molar-refractivity contribution in [1.29, 1.82) is 0 Å². The molecule has 3 atom stereocenters. The van der Waals surface area contributed by atoms with E-state index in [4.69, 9.17) is 14.2 Å². The molecule has 0 aromatic carbocycles. The zero-order valence-corrected chi connectivity index (χ0v) is 15.1. The second-order valence-corrected chi connectivity index (χ2v) is 6.50. The Morgan fingerprint density at radius 2 is 1.68 bits per heavy atom. The Bertz CT molecular complexity index is 354. The molecule has 0 rings (SSSR count). The largest absolute Gasteiger partial charge is 0.468 e. The minimum atomic E-state index is -0.637. The molecule has 0 aliphatic heterocycles. The van der Waals surface area contributed by atoms with Gasteiger partial charge in [0.15, 0.2) is 0 Å². The van der Waals surface area contributed by atoms with E-state index in [9.17, 15) is 9.59 Å². The van der Waals surface area contributed by atoms with Gasteiger partial charge in [0.2, 0.25) is 0 Å². The van der Waals surface area contributed by atoms with Gasteiger partial charge in [-0.2, -0.15) is 0 Å². The summed E-state index contributed by atoms with van der Waals surface area (Å²) in [7, 11) is 2.89. The van der Waals surface area contributed by atoms with Gasteiger partial charge in [-0.1, -0.05) is 20.3 Å². The fraction of sp³-hybridized carbons (Fsp3) is 0.875. The summed E-state index contributed by atoms with van der Waals surface area (Å²) in [6, 6.07) is -0.274. The minimum Gasteiger partial charge on any atom is -0.468 e. The highest BCUT2D eigenvalue weighted by atomic mass is 16.6. The molecular formula is C16H31NO5. The molecule has 0 aromatic heterocycles. The van der Waals surface area contributed by atoms with Crippen LogP contribution in [0.15, 0.2) is 0 Å². The summed E-state index contributed by atoms with van der Waals surface area (Å²) in [5.41, 5.74) is -0.637. The zero-order chi connectivity index (χ0) is 17.5. The van der Waals surface area contributed by atoms with E-state index in [0.717, 1.165) is 6.42 Å². The molecule has 6 heteroatoms. The molecule has 0 bridgehead atoms. The Kier molecular flexibility index (Phi) is 8.45. The number of rotatable bonds is 7. The van der Waals surface area contributed by atoms with Crippen LogP contribution in [0.5, 0.6) is 0 Å². The number of esters is 1. The normalized spacial score (nSPS) is 15.6. The molecule has 0 N–H and O–H groups in total. The van der Waals surface area contributed by atoms with E-state index < -0.39 is 17.7 Å². The lowest BCUT2D eigenvalue weighted by atomic mass is 9.93. The fourth-order valence-corrected chi connectivity index (χ4v) is 2.22. The summed E-state index contributed by atoms with van der Waals surface area (Å²) >= 11 is 0. The van der Waals surface area contributed by atoms with Crippen LogP contribution in [-0.2, 0) is 19.0 Å². The van der Waals surface area contributed by atoms with Gasteiger partial charge < -0.3 is 14.2 Å². The Labute approximate surface area is 134 Å². The van der Waals surface area contributed by atoms with Gasteiger partial charge in [0.05, 0.1) is 19.3 Å². The maximum atomic E-state index is 12.5. The first-order valence-corrected chi connectivity index (χ1v) is 7.66. The fourth-order valence-electron chi connectivity index (χ4n) is 2.22. The number of methoxy groups -OCH3 is 2. The average Bonchev–Trinajstić information content (AvgIpc) is 2.43. The number of carbonyl (C=O) groups is 2. The van der Waals surface area contributed by atoms with Crippen molar-refractivity contribution in [2.45, 2.75) is 65.7 Å². The Balaban J connectivity index is 5.48. The van der Waals surface area contributed by atoms with Crippen LogP contribution in [-0.4, -0.2) is 55.5 Å². The summed E-state index contributed by atoms with van der Waals surface area (Å²) in [5, 5.41) is 0. The molecule has 0 fully saturated rings. The summed E-state index contributed by atoms with van der Waals surface area (Å²) in [6.45, 7) is 11.2. The van der Waals surface area contributed by atoms with Crippen molar-refractivity contribution in [3.63, 3.8) is 0 Å². The lowest BCUT2D eigenvalue weighted by molar-refractivity contribution is -0.143. The zero-order valence-electron chi connectivity index (χ0n) is 15.1. The smallest absolute Gasteiger partial charge is 0.411 e. The second kappa shape index (κ2) is 8.98. The number of amides is 1. The van der Waals surface area contributed by atoms with Crippen LogP contribution in [0.1, 0.15) is 48.0 Å². The van der Waals surface area contributed by atoms with Crippen molar-refractivity contribution >= 4 is 12.1 Å². The summed E-state index contributed by atoms with van der Waals surface area (Å²) < 4.78 is 15.6. The first-order valence-electron chi connectivity index (χ1n) is 7.66. The molecule has 6 nitrogen and oxygen atoms in total. The molecule has 1 amide bonds. The Morgan fingerprint density at radius 3 is 2.05 bits per heavy atom. The number of hydrogen-bond acceptors (Lipinski definition) is 5. The van der Waals surface area contributed by atoms with Gasteiger partial charge in [-0.25, -0.2) is 4.79 Å². The summed E-state index contributed by atoms with van der Waals surface area (Å²) in [5.74, 6) is -0.338. The lowest BCUT2D eigenvalue weighted by Gasteiger charge is -2.38. The maximum Gasteiger partial charge on any atom is 0.411 e. The van der Waals surface area contributed by atoms with Gasteiger partial charge in [0.1, 0.15) is 12.1 Å². The molecular weight excluding hydrogens is 286 g/mol. The van der Waals surface area contributed by atoms with Crippen molar-refractivity contribution < 1.29 is 23.8 Å². The molecule has 130 valence electrons. The quantitative estimate of drug-likeness (QED) is 0.676. The van der Waals surface area contributed by atoms with E-state index in [2.05, 4.69) is 0 Å². The van der Waals surface area contributed by atoms with Crippen LogP contribution in [0.3, 0.4) is 0 Å². The van der Waals surface area contributed by atoms with Crippen molar-refractivity contribution in [1.82, 2.24) is 4.90 Å². The summed E-state index contributed by atoms with van der Waals surface area (Å²) in [6.07, 6.45) is 0.0815. The third kappa shape index (κ3) is 6.64. The molecule has 0 saturated heterocycles. The third-order valence-corrected chi connectivity index (χ3v) is 3.59. The van der Waals surface area contributed by atoms with Crippen molar-refractivity contribution in [3.8, 4) is 0 Å². The van der Waals surface area contributed by atoms with Crippen molar-refractivity contribution in [2.75, 3.05) is 20.8 Å². The molecule has 0 aromatic rings. The first-order chi connectivity index (χ1) is 10.1. The van der Waals surface area contributed by atoms with Crippen LogP contribution < -0.4 is 0 Å². The van der Waals surface area contributed by atoms with Crippen molar-refractivity contribution in [3.05, 3.63) is 0 Å². The van der Waals surface area contributed by atoms with E-state index in [1.54, 1.807) is 27.9 Å². The van der Waals surface area contributed by atoms with E-state index in [-0.39, 0.29) is 24.6 Å². The molecule has 0 spiro atoms. The molecule has 0 unspecified atom stereocenters. The van der Waals surface area contributed by atoms with Crippen LogP contribution in [0, 0.1) is 5.92 Å². The van der Waals surface area contributed by atoms with Gasteiger partial charge in [-0.3, -0.25) is 9.69 Å². The lowest BCUT2D eigenvalue weighted by Crippen LogP contribution is -2.53. The molecule has 0 aliphatic rings. The number of hydrogen-bond donors (Lipinski definition) is 0.